The van der Waals surface area contributed by atoms with E-state index < -0.39 is 0 Å². The van der Waals surface area contributed by atoms with Gasteiger partial charge < -0.3 is 10.1 Å². The van der Waals surface area contributed by atoms with Gasteiger partial charge in [-0.05, 0) is 37.8 Å². The molecule has 0 spiro atoms. The molecule has 17 heavy (non-hydrogen) atoms. The zero-order chi connectivity index (χ0) is 12.7. The highest BCUT2D eigenvalue weighted by atomic mass is 32.1. The molecule has 1 rings (SSSR count). The van der Waals surface area contributed by atoms with E-state index >= 15 is 0 Å². The standard InChI is InChI=1S/C14H25NOS/c1-5-8-15-13(7-6-11(2)3)14-9-12(16-4)10-17-14/h9-11,13,15H,5-8H2,1-4H3. The van der Waals surface area contributed by atoms with Crippen molar-refractivity contribution in [3.05, 3.63) is 16.3 Å². The average Bonchev–Trinajstić information content (AvgIpc) is 2.77. The van der Waals surface area contributed by atoms with E-state index in [1.807, 2.05) is 0 Å². The third-order valence-corrected chi connectivity index (χ3v) is 3.87. The van der Waals surface area contributed by atoms with Crippen molar-refractivity contribution >= 4 is 11.3 Å². The van der Waals surface area contributed by atoms with Gasteiger partial charge >= 0.3 is 0 Å². The Kier molecular flexibility index (Phi) is 6.60. The van der Waals surface area contributed by atoms with E-state index in [9.17, 15) is 0 Å². The number of nitrogens with one attached hydrogen (secondary N) is 1. The Morgan fingerprint density at radius 2 is 2.12 bits per heavy atom. The molecule has 98 valence electrons. The largest absolute Gasteiger partial charge is 0.496 e. The van der Waals surface area contributed by atoms with E-state index in [1.54, 1.807) is 18.4 Å². The van der Waals surface area contributed by atoms with Crippen molar-refractivity contribution < 1.29 is 4.74 Å². The molecule has 0 aromatic carbocycles. The number of thiophene rings is 1. The maximum Gasteiger partial charge on any atom is 0.129 e. The number of ether oxygens (including phenoxy) is 1. The van der Waals surface area contributed by atoms with Gasteiger partial charge in [0.1, 0.15) is 5.75 Å². The van der Waals surface area contributed by atoms with Gasteiger partial charge in [0, 0.05) is 16.3 Å². The van der Waals surface area contributed by atoms with Crippen LogP contribution in [0, 0.1) is 5.92 Å². The zero-order valence-electron chi connectivity index (χ0n) is 11.5. The van der Waals surface area contributed by atoms with E-state index in [2.05, 4.69) is 37.5 Å². The van der Waals surface area contributed by atoms with Crippen molar-refractivity contribution in [1.29, 1.82) is 0 Å². The smallest absolute Gasteiger partial charge is 0.129 e. The first kappa shape index (κ1) is 14.5. The highest BCUT2D eigenvalue weighted by Gasteiger charge is 2.13. The van der Waals surface area contributed by atoms with Crippen LogP contribution in [0.4, 0.5) is 0 Å². The van der Waals surface area contributed by atoms with Gasteiger partial charge in [0.05, 0.1) is 7.11 Å². The molecule has 0 aliphatic carbocycles. The van der Waals surface area contributed by atoms with Crippen LogP contribution in [0.3, 0.4) is 0 Å². The molecule has 1 unspecified atom stereocenters. The van der Waals surface area contributed by atoms with Crippen LogP contribution in [0.5, 0.6) is 5.75 Å². The van der Waals surface area contributed by atoms with Crippen LogP contribution in [0.15, 0.2) is 11.4 Å². The van der Waals surface area contributed by atoms with Crippen LogP contribution in [0.1, 0.15) is 51.0 Å². The van der Waals surface area contributed by atoms with Crippen molar-refractivity contribution in [3.8, 4) is 5.75 Å². The number of hydrogen-bond donors (Lipinski definition) is 1. The third kappa shape index (κ3) is 5.09. The Morgan fingerprint density at radius 1 is 1.35 bits per heavy atom. The van der Waals surface area contributed by atoms with Crippen molar-refractivity contribution in [1.82, 2.24) is 5.32 Å². The lowest BCUT2D eigenvalue weighted by atomic mass is 10.0. The lowest BCUT2D eigenvalue weighted by Gasteiger charge is -2.18. The minimum Gasteiger partial charge on any atom is -0.496 e. The number of methoxy groups -OCH3 is 1. The van der Waals surface area contributed by atoms with E-state index in [0.29, 0.717) is 6.04 Å². The van der Waals surface area contributed by atoms with Gasteiger partial charge in [-0.15, -0.1) is 11.3 Å². The molecule has 1 atom stereocenters. The summed E-state index contributed by atoms with van der Waals surface area (Å²) in [6.07, 6.45) is 3.66. The molecular formula is C14H25NOS. The summed E-state index contributed by atoms with van der Waals surface area (Å²) in [5.41, 5.74) is 0. The topological polar surface area (TPSA) is 21.3 Å². The monoisotopic (exact) mass is 255 g/mol. The first-order valence-corrected chi connectivity index (χ1v) is 7.41. The molecule has 0 saturated carbocycles. The summed E-state index contributed by atoms with van der Waals surface area (Å²) in [7, 11) is 1.73. The van der Waals surface area contributed by atoms with Crippen molar-refractivity contribution in [2.24, 2.45) is 5.92 Å². The van der Waals surface area contributed by atoms with E-state index in [4.69, 9.17) is 4.74 Å². The number of hydrogen-bond acceptors (Lipinski definition) is 3. The molecule has 1 aromatic heterocycles. The summed E-state index contributed by atoms with van der Waals surface area (Å²) in [5.74, 6) is 1.75. The predicted octanol–water partition coefficient (Wildman–Crippen LogP) is 4.23. The summed E-state index contributed by atoms with van der Waals surface area (Å²) < 4.78 is 5.26. The van der Waals surface area contributed by atoms with Crippen molar-refractivity contribution in [3.63, 3.8) is 0 Å². The molecule has 0 aliphatic rings. The summed E-state index contributed by atoms with van der Waals surface area (Å²) in [6, 6.07) is 2.66. The lowest BCUT2D eigenvalue weighted by Crippen LogP contribution is -2.21. The van der Waals surface area contributed by atoms with Gasteiger partial charge in [-0.2, -0.15) is 0 Å². The van der Waals surface area contributed by atoms with E-state index in [1.165, 1.54) is 24.1 Å². The van der Waals surface area contributed by atoms with Gasteiger partial charge in [-0.25, -0.2) is 0 Å². The van der Waals surface area contributed by atoms with Gasteiger partial charge in [0.15, 0.2) is 0 Å². The first-order chi connectivity index (χ1) is 8.17. The Bertz CT molecular complexity index is 309. The van der Waals surface area contributed by atoms with E-state index in [-0.39, 0.29) is 0 Å². The minimum atomic E-state index is 0.492. The summed E-state index contributed by atoms with van der Waals surface area (Å²) in [6.45, 7) is 7.86. The fourth-order valence-corrected chi connectivity index (χ4v) is 2.75. The molecule has 0 saturated heterocycles. The fraction of sp³-hybridized carbons (Fsp3) is 0.714. The molecule has 0 bridgehead atoms. The number of rotatable bonds is 8. The van der Waals surface area contributed by atoms with Gasteiger partial charge in [0.25, 0.3) is 0 Å². The highest BCUT2D eigenvalue weighted by molar-refractivity contribution is 7.10. The molecular weight excluding hydrogens is 230 g/mol. The zero-order valence-corrected chi connectivity index (χ0v) is 12.3. The Hall–Kier alpha value is -0.540. The summed E-state index contributed by atoms with van der Waals surface area (Å²) >= 11 is 1.80. The van der Waals surface area contributed by atoms with Crippen LogP contribution in [0.2, 0.25) is 0 Å². The first-order valence-electron chi connectivity index (χ1n) is 6.53. The Balaban J connectivity index is 2.60. The Labute approximate surface area is 109 Å². The second-order valence-electron chi connectivity index (χ2n) is 4.87. The van der Waals surface area contributed by atoms with Crippen molar-refractivity contribution in [2.75, 3.05) is 13.7 Å². The Morgan fingerprint density at radius 3 is 2.65 bits per heavy atom. The molecule has 1 heterocycles. The fourth-order valence-electron chi connectivity index (χ4n) is 1.79. The maximum absolute atomic E-state index is 5.26. The maximum atomic E-state index is 5.26. The molecule has 0 amide bonds. The highest BCUT2D eigenvalue weighted by Crippen LogP contribution is 2.30. The second-order valence-corrected chi connectivity index (χ2v) is 5.81. The molecule has 0 fully saturated rings. The minimum absolute atomic E-state index is 0.492. The molecule has 3 heteroatoms. The van der Waals surface area contributed by atoms with Crippen LogP contribution in [-0.4, -0.2) is 13.7 Å². The SMILES string of the molecule is CCCNC(CCC(C)C)c1cc(OC)cs1. The van der Waals surface area contributed by atoms with Crippen LogP contribution >= 0.6 is 11.3 Å². The van der Waals surface area contributed by atoms with Gasteiger partial charge in [-0.1, -0.05) is 20.8 Å². The van der Waals surface area contributed by atoms with Gasteiger partial charge in [-0.3, -0.25) is 0 Å². The van der Waals surface area contributed by atoms with Crippen molar-refractivity contribution in [2.45, 2.75) is 46.1 Å². The molecule has 2 nitrogen and oxygen atoms in total. The molecule has 0 aliphatic heterocycles. The predicted molar refractivity (Wildman–Crippen MR) is 76.0 cm³/mol. The third-order valence-electron chi connectivity index (χ3n) is 2.85. The van der Waals surface area contributed by atoms with Gasteiger partial charge in [0.2, 0.25) is 0 Å². The molecule has 0 radical (unpaired) electrons. The van der Waals surface area contributed by atoms with Crippen LogP contribution < -0.4 is 10.1 Å². The van der Waals surface area contributed by atoms with Crippen LogP contribution in [0.25, 0.3) is 0 Å². The average molecular weight is 255 g/mol. The quantitative estimate of drug-likeness (QED) is 0.750. The molecule has 1 aromatic rings. The van der Waals surface area contributed by atoms with Crippen LogP contribution in [-0.2, 0) is 0 Å². The second kappa shape index (κ2) is 7.72. The molecule has 1 N–H and O–H groups in total. The summed E-state index contributed by atoms with van der Waals surface area (Å²) in [5, 5.41) is 5.72. The summed E-state index contributed by atoms with van der Waals surface area (Å²) in [4.78, 5) is 1.40. The lowest BCUT2D eigenvalue weighted by molar-refractivity contribution is 0.413. The normalized spacial score (nSPS) is 13.0. The van der Waals surface area contributed by atoms with E-state index in [0.717, 1.165) is 18.2 Å².